The van der Waals surface area contributed by atoms with Gasteiger partial charge in [-0.15, -0.1) is 0 Å². The van der Waals surface area contributed by atoms with Crippen LogP contribution in [0.25, 0.3) is 0 Å². The van der Waals surface area contributed by atoms with Gasteiger partial charge in [-0.05, 0) is 24.3 Å². The Morgan fingerprint density at radius 3 is 2.65 bits per heavy atom. The standard InChI is InChI=1S/C15H13Cl2FO2/c1-20-15-7-9(16)5-6-10(15)14(19)8-11-12(17)3-2-4-13(11)18/h2-7,14,19H,8H2,1H3. The first-order valence-electron chi connectivity index (χ1n) is 5.97. The van der Waals surface area contributed by atoms with E-state index in [1.165, 1.54) is 19.2 Å². The zero-order valence-corrected chi connectivity index (χ0v) is 12.2. The predicted molar refractivity (Wildman–Crippen MR) is 78.1 cm³/mol. The summed E-state index contributed by atoms with van der Waals surface area (Å²) in [6, 6.07) is 9.32. The second-order valence-electron chi connectivity index (χ2n) is 4.31. The van der Waals surface area contributed by atoms with E-state index in [2.05, 4.69) is 0 Å². The summed E-state index contributed by atoms with van der Waals surface area (Å²) in [4.78, 5) is 0. The van der Waals surface area contributed by atoms with E-state index in [4.69, 9.17) is 27.9 Å². The number of aliphatic hydroxyl groups is 1. The lowest BCUT2D eigenvalue weighted by Gasteiger charge is -2.16. The van der Waals surface area contributed by atoms with Crippen molar-refractivity contribution >= 4 is 23.2 Å². The predicted octanol–water partition coefficient (Wildman–Crippen LogP) is 4.42. The molecular weight excluding hydrogens is 302 g/mol. The Morgan fingerprint density at radius 1 is 1.25 bits per heavy atom. The molecule has 0 aliphatic carbocycles. The maximum absolute atomic E-state index is 13.7. The molecule has 106 valence electrons. The average Bonchev–Trinajstić information content (AvgIpc) is 2.42. The third kappa shape index (κ3) is 3.23. The summed E-state index contributed by atoms with van der Waals surface area (Å²) in [6.45, 7) is 0. The van der Waals surface area contributed by atoms with Crippen molar-refractivity contribution in [1.29, 1.82) is 0 Å². The smallest absolute Gasteiger partial charge is 0.127 e. The van der Waals surface area contributed by atoms with E-state index < -0.39 is 11.9 Å². The van der Waals surface area contributed by atoms with Gasteiger partial charge in [-0.25, -0.2) is 4.39 Å². The zero-order chi connectivity index (χ0) is 14.7. The maximum atomic E-state index is 13.7. The first kappa shape index (κ1) is 15.1. The molecule has 1 N–H and O–H groups in total. The summed E-state index contributed by atoms with van der Waals surface area (Å²) >= 11 is 11.8. The molecule has 1 atom stereocenters. The maximum Gasteiger partial charge on any atom is 0.127 e. The van der Waals surface area contributed by atoms with Crippen molar-refractivity contribution in [2.45, 2.75) is 12.5 Å². The van der Waals surface area contributed by atoms with Crippen molar-refractivity contribution in [3.05, 3.63) is 63.4 Å². The summed E-state index contributed by atoms with van der Waals surface area (Å²) in [6.07, 6.45) is -0.875. The van der Waals surface area contributed by atoms with Crippen LogP contribution in [-0.2, 0) is 6.42 Å². The summed E-state index contributed by atoms with van der Waals surface area (Å²) in [5.74, 6) is 0.0157. The summed E-state index contributed by atoms with van der Waals surface area (Å²) in [5.41, 5.74) is 0.815. The third-order valence-corrected chi connectivity index (χ3v) is 3.60. The molecule has 0 aromatic heterocycles. The van der Waals surface area contributed by atoms with Gasteiger partial charge >= 0.3 is 0 Å². The second kappa shape index (κ2) is 6.44. The molecule has 0 saturated carbocycles. The van der Waals surface area contributed by atoms with Crippen molar-refractivity contribution < 1.29 is 14.2 Å². The normalized spacial score (nSPS) is 12.2. The van der Waals surface area contributed by atoms with Crippen LogP contribution in [0.5, 0.6) is 5.75 Å². The molecule has 0 aliphatic heterocycles. The van der Waals surface area contributed by atoms with Crippen LogP contribution >= 0.6 is 23.2 Å². The van der Waals surface area contributed by atoms with Crippen LogP contribution in [0.4, 0.5) is 4.39 Å². The molecule has 0 heterocycles. The number of halogens is 3. The molecule has 0 fully saturated rings. The number of hydrogen-bond acceptors (Lipinski definition) is 2. The number of benzene rings is 2. The molecule has 0 spiro atoms. The second-order valence-corrected chi connectivity index (χ2v) is 5.15. The summed E-state index contributed by atoms with van der Waals surface area (Å²) in [7, 11) is 1.48. The number of hydrogen-bond donors (Lipinski definition) is 1. The monoisotopic (exact) mass is 314 g/mol. The number of methoxy groups -OCH3 is 1. The van der Waals surface area contributed by atoms with Crippen LogP contribution in [0.1, 0.15) is 17.2 Å². The molecule has 5 heteroatoms. The van der Waals surface area contributed by atoms with Crippen LogP contribution in [-0.4, -0.2) is 12.2 Å². The van der Waals surface area contributed by atoms with Crippen molar-refractivity contribution in [3.63, 3.8) is 0 Å². The first-order chi connectivity index (χ1) is 9.52. The Kier molecular flexibility index (Phi) is 4.86. The number of rotatable bonds is 4. The minimum atomic E-state index is -0.934. The van der Waals surface area contributed by atoms with Gasteiger partial charge < -0.3 is 9.84 Å². The van der Waals surface area contributed by atoms with E-state index in [1.807, 2.05) is 0 Å². The molecule has 0 saturated heterocycles. The van der Waals surface area contributed by atoms with E-state index in [0.29, 0.717) is 16.3 Å². The van der Waals surface area contributed by atoms with E-state index >= 15 is 0 Å². The Balaban J connectivity index is 2.31. The van der Waals surface area contributed by atoms with E-state index in [-0.39, 0.29) is 17.0 Å². The fraction of sp³-hybridized carbons (Fsp3) is 0.200. The molecule has 1 unspecified atom stereocenters. The summed E-state index contributed by atoms with van der Waals surface area (Å²) < 4.78 is 18.9. The van der Waals surface area contributed by atoms with Crippen molar-refractivity contribution in [1.82, 2.24) is 0 Å². The van der Waals surface area contributed by atoms with Crippen LogP contribution in [0.3, 0.4) is 0 Å². The van der Waals surface area contributed by atoms with E-state index in [1.54, 1.807) is 24.3 Å². The molecular formula is C15H13Cl2FO2. The lowest BCUT2D eigenvalue weighted by atomic mass is 10.00. The molecule has 0 aliphatic rings. The van der Waals surface area contributed by atoms with Crippen molar-refractivity contribution in [3.8, 4) is 5.75 Å². The van der Waals surface area contributed by atoms with Gasteiger partial charge in [0.05, 0.1) is 13.2 Å². The van der Waals surface area contributed by atoms with E-state index in [0.717, 1.165) is 0 Å². The van der Waals surface area contributed by atoms with Crippen molar-refractivity contribution in [2.24, 2.45) is 0 Å². The highest BCUT2D eigenvalue weighted by Crippen LogP contribution is 2.32. The van der Waals surface area contributed by atoms with Gasteiger partial charge in [0.15, 0.2) is 0 Å². The average molecular weight is 315 g/mol. The summed E-state index contributed by atoms with van der Waals surface area (Å²) in [5, 5.41) is 11.1. The first-order valence-corrected chi connectivity index (χ1v) is 6.73. The Labute approximate surface area is 126 Å². The molecule has 2 aromatic rings. The van der Waals surface area contributed by atoms with Gasteiger partial charge in [0.25, 0.3) is 0 Å². The van der Waals surface area contributed by atoms with Crippen LogP contribution < -0.4 is 4.74 Å². The van der Waals surface area contributed by atoms with E-state index in [9.17, 15) is 9.50 Å². The minimum absolute atomic E-state index is 0.0590. The van der Waals surface area contributed by atoms with Crippen LogP contribution in [0.2, 0.25) is 10.0 Å². The Hall–Kier alpha value is -1.29. The highest BCUT2D eigenvalue weighted by atomic mass is 35.5. The van der Waals surface area contributed by atoms with Gasteiger partial charge in [-0.3, -0.25) is 0 Å². The van der Waals surface area contributed by atoms with Gasteiger partial charge in [0.1, 0.15) is 11.6 Å². The zero-order valence-electron chi connectivity index (χ0n) is 10.7. The Bertz CT molecular complexity index is 597. The fourth-order valence-corrected chi connectivity index (χ4v) is 2.39. The fourth-order valence-electron chi connectivity index (χ4n) is 1.99. The van der Waals surface area contributed by atoms with Gasteiger partial charge in [-0.1, -0.05) is 35.3 Å². The topological polar surface area (TPSA) is 29.5 Å². The highest BCUT2D eigenvalue weighted by molar-refractivity contribution is 6.31. The SMILES string of the molecule is COc1cc(Cl)ccc1C(O)Cc1c(F)cccc1Cl. The molecule has 0 bridgehead atoms. The van der Waals surface area contributed by atoms with Crippen molar-refractivity contribution in [2.75, 3.05) is 7.11 Å². The molecule has 2 aromatic carbocycles. The number of ether oxygens (including phenoxy) is 1. The highest BCUT2D eigenvalue weighted by Gasteiger charge is 2.18. The van der Waals surface area contributed by atoms with Gasteiger partial charge in [0.2, 0.25) is 0 Å². The third-order valence-electron chi connectivity index (χ3n) is 3.01. The van der Waals surface area contributed by atoms with Gasteiger partial charge in [0, 0.05) is 27.6 Å². The quantitative estimate of drug-likeness (QED) is 0.905. The molecule has 20 heavy (non-hydrogen) atoms. The van der Waals surface area contributed by atoms with Gasteiger partial charge in [-0.2, -0.15) is 0 Å². The lowest BCUT2D eigenvalue weighted by Crippen LogP contribution is -2.06. The minimum Gasteiger partial charge on any atom is -0.496 e. The molecule has 0 amide bonds. The Morgan fingerprint density at radius 2 is 2.00 bits per heavy atom. The molecule has 2 rings (SSSR count). The molecule has 2 nitrogen and oxygen atoms in total. The molecule has 0 radical (unpaired) electrons. The number of aliphatic hydroxyl groups excluding tert-OH is 1. The van der Waals surface area contributed by atoms with Crippen LogP contribution in [0, 0.1) is 5.82 Å². The lowest BCUT2D eigenvalue weighted by molar-refractivity contribution is 0.173. The van der Waals surface area contributed by atoms with Crippen LogP contribution in [0.15, 0.2) is 36.4 Å². The largest absolute Gasteiger partial charge is 0.496 e.